The van der Waals surface area contributed by atoms with E-state index >= 15 is 0 Å². The number of nitrogens with one attached hydrogen (secondary N) is 2. The average molecular weight is 386 g/mol. The van der Waals surface area contributed by atoms with E-state index in [0.717, 1.165) is 63.3 Å². The van der Waals surface area contributed by atoms with E-state index in [9.17, 15) is 13.2 Å². The highest BCUT2D eigenvalue weighted by Gasteiger charge is 2.29. The van der Waals surface area contributed by atoms with Crippen LogP contribution in [0.3, 0.4) is 0 Å². The summed E-state index contributed by atoms with van der Waals surface area (Å²) >= 11 is 0. The number of ether oxygens (including phenoxy) is 1. The van der Waals surface area contributed by atoms with Gasteiger partial charge in [0.1, 0.15) is 0 Å². The van der Waals surface area contributed by atoms with Crippen LogP contribution in [0.5, 0.6) is 0 Å². The standard InChI is InChI=1S/C19H29F3N4O/c1-23-18(24-13-15-3-5-17(6-4-15)19(20,21)22)25-14-16-7-9-26(10-8-16)11-12-27-2/h3-6,16H,7-14H2,1-2H3,(H2,23,24,25). The molecular formula is C19H29F3N4O. The molecule has 2 N–H and O–H groups in total. The topological polar surface area (TPSA) is 48.9 Å². The van der Waals surface area contributed by atoms with Gasteiger partial charge in [0.25, 0.3) is 0 Å². The number of guanidine groups is 1. The lowest BCUT2D eigenvalue weighted by atomic mass is 9.97. The Morgan fingerprint density at radius 2 is 1.85 bits per heavy atom. The minimum atomic E-state index is -4.30. The van der Waals surface area contributed by atoms with Crippen LogP contribution < -0.4 is 10.6 Å². The number of alkyl halides is 3. The van der Waals surface area contributed by atoms with Crippen molar-refractivity contribution in [3.8, 4) is 0 Å². The number of halogens is 3. The van der Waals surface area contributed by atoms with E-state index in [1.165, 1.54) is 12.1 Å². The van der Waals surface area contributed by atoms with Crippen LogP contribution in [0, 0.1) is 5.92 Å². The van der Waals surface area contributed by atoms with Crippen molar-refractivity contribution in [3.63, 3.8) is 0 Å². The quantitative estimate of drug-likeness (QED) is 0.559. The maximum atomic E-state index is 12.6. The van der Waals surface area contributed by atoms with Crippen molar-refractivity contribution in [1.82, 2.24) is 15.5 Å². The number of benzene rings is 1. The first kappa shape index (κ1) is 21.5. The summed E-state index contributed by atoms with van der Waals surface area (Å²) < 4.78 is 42.9. The minimum Gasteiger partial charge on any atom is -0.383 e. The molecule has 1 aliphatic heterocycles. The van der Waals surface area contributed by atoms with Crippen molar-refractivity contribution in [2.24, 2.45) is 10.9 Å². The third-order valence-electron chi connectivity index (χ3n) is 4.84. The first-order valence-corrected chi connectivity index (χ1v) is 9.24. The first-order valence-electron chi connectivity index (χ1n) is 9.24. The van der Waals surface area contributed by atoms with E-state index in [2.05, 4.69) is 20.5 Å². The van der Waals surface area contributed by atoms with Crippen LogP contribution in [0.1, 0.15) is 24.0 Å². The lowest BCUT2D eigenvalue weighted by Gasteiger charge is -2.32. The molecule has 0 atom stereocenters. The van der Waals surface area contributed by atoms with Crippen LogP contribution in [0.15, 0.2) is 29.3 Å². The lowest BCUT2D eigenvalue weighted by molar-refractivity contribution is -0.137. The molecule has 0 spiro atoms. The Kier molecular flexibility index (Phi) is 8.37. The van der Waals surface area contributed by atoms with Gasteiger partial charge in [-0.2, -0.15) is 13.2 Å². The molecule has 1 aromatic rings. The Morgan fingerprint density at radius 3 is 2.41 bits per heavy atom. The second kappa shape index (κ2) is 10.5. The number of hydrogen-bond acceptors (Lipinski definition) is 3. The van der Waals surface area contributed by atoms with Gasteiger partial charge in [-0.05, 0) is 49.5 Å². The van der Waals surface area contributed by atoms with Crippen molar-refractivity contribution in [2.45, 2.75) is 25.6 Å². The largest absolute Gasteiger partial charge is 0.416 e. The molecule has 0 unspecified atom stereocenters. The fourth-order valence-corrected chi connectivity index (χ4v) is 3.09. The van der Waals surface area contributed by atoms with Gasteiger partial charge in [-0.1, -0.05) is 12.1 Å². The van der Waals surface area contributed by atoms with E-state index in [-0.39, 0.29) is 0 Å². The molecule has 0 aromatic heterocycles. The monoisotopic (exact) mass is 386 g/mol. The fourth-order valence-electron chi connectivity index (χ4n) is 3.09. The molecule has 0 radical (unpaired) electrons. The third-order valence-corrected chi connectivity index (χ3v) is 4.84. The highest BCUT2D eigenvalue weighted by atomic mass is 19.4. The van der Waals surface area contributed by atoms with Crippen LogP contribution in [0.2, 0.25) is 0 Å². The van der Waals surface area contributed by atoms with Gasteiger partial charge in [-0.25, -0.2) is 0 Å². The Labute approximate surface area is 159 Å². The Bertz CT molecular complexity index is 582. The molecule has 8 heteroatoms. The minimum absolute atomic E-state index is 0.424. The second-order valence-corrected chi connectivity index (χ2v) is 6.78. The van der Waals surface area contributed by atoms with Gasteiger partial charge in [0.2, 0.25) is 0 Å². The zero-order chi connectivity index (χ0) is 19.7. The molecule has 1 saturated heterocycles. The summed E-state index contributed by atoms with van der Waals surface area (Å²) in [5.74, 6) is 1.25. The Morgan fingerprint density at radius 1 is 1.19 bits per heavy atom. The molecule has 0 saturated carbocycles. The summed E-state index contributed by atoms with van der Waals surface area (Å²) in [5.41, 5.74) is 0.142. The molecule has 0 aliphatic carbocycles. The summed E-state index contributed by atoms with van der Waals surface area (Å²) in [6.07, 6.45) is -2.04. The van der Waals surface area contributed by atoms with Gasteiger partial charge >= 0.3 is 6.18 Å². The predicted molar refractivity (Wildman–Crippen MR) is 101 cm³/mol. The molecule has 1 aliphatic rings. The van der Waals surface area contributed by atoms with Crippen molar-refractivity contribution < 1.29 is 17.9 Å². The zero-order valence-corrected chi connectivity index (χ0v) is 16.0. The van der Waals surface area contributed by atoms with E-state index in [1.807, 2.05) is 0 Å². The van der Waals surface area contributed by atoms with Crippen molar-refractivity contribution in [1.29, 1.82) is 0 Å². The Balaban J connectivity index is 1.70. The average Bonchev–Trinajstić information content (AvgIpc) is 2.67. The molecule has 1 aromatic carbocycles. The predicted octanol–water partition coefficient (Wildman–Crippen LogP) is 2.73. The van der Waals surface area contributed by atoms with E-state index in [0.29, 0.717) is 18.4 Å². The van der Waals surface area contributed by atoms with Crippen LogP contribution in [0.25, 0.3) is 0 Å². The first-order chi connectivity index (χ1) is 12.9. The highest BCUT2D eigenvalue weighted by Crippen LogP contribution is 2.29. The van der Waals surface area contributed by atoms with Crippen LogP contribution in [-0.4, -0.2) is 57.8 Å². The summed E-state index contributed by atoms with van der Waals surface area (Å²) in [4.78, 5) is 6.60. The van der Waals surface area contributed by atoms with Crippen molar-refractivity contribution >= 4 is 5.96 Å². The second-order valence-electron chi connectivity index (χ2n) is 6.78. The molecular weight excluding hydrogens is 357 g/mol. The van der Waals surface area contributed by atoms with Crippen molar-refractivity contribution in [3.05, 3.63) is 35.4 Å². The number of methoxy groups -OCH3 is 1. The van der Waals surface area contributed by atoms with Crippen LogP contribution >= 0.6 is 0 Å². The van der Waals surface area contributed by atoms with Crippen LogP contribution in [0.4, 0.5) is 13.2 Å². The SMILES string of the molecule is CN=C(NCc1ccc(C(F)(F)F)cc1)NCC1CCN(CCOC)CC1. The molecule has 1 fully saturated rings. The van der Waals surface area contributed by atoms with E-state index in [1.54, 1.807) is 14.2 Å². The molecule has 152 valence electrons. The van der Waals surface area contributed by atoms with Gasteiger partial charge < -0.3 is 20.3 Å². The number of likely N-dealkylation sites (tertiary alicyclic amines) is 1. The Hall–Kier alpha value is -1.80. The summed E-state index contributed by atoms with van der Waals surface area (Å²) in [7, 11) is 3.41. The van der Waals surface area contributed by atoms with Gasteiger partial charge in [0, 0.05) is 33.8 Å². The lowest BCUT2D eigenvalue weighted by Crippen LogP contribution is -2.43. The van der Waals surface area contributed by atoms with Gasteiger partial charge in [0.05, 0.1) is 12.2 Å². The summed E-state index contributed by atoms with van der Waals surface area (Å²) in [5, 5.41) is 6.47. The third kappa shape index (κ3) is 7.38. The van der Waals surface area contributed by atoms with E-state index < -0.39 is 11.7 Å². The maximum Gasteiger partial charge on any atom is 0.416 e. The smallest absolute Gasteiger partial charge is 0.383 e. The molecule has 5 nitrogen and oxygen atoms in total. The molecule has 0 bridgehead atoms. The summed E-state index contributed by atoms with van der Waals surface area (Å²) in [6.45, 7) is 5.16. The summed E-state index contributed by atoms with van der Waals surface area (Å²) in [6, 6.07) is 5.17. The highest BCUT2D eigenvalue weighted by molar-refractivity contribution is 5.79. The number of piperidine rings is 1. The van der Waals surface area contributed by atoms with Gasteiger partial charge in [0.15, 0.2) is 5.96 Å². The number of rotatable bonds is 7. The molecule has 1 heterocycles. The van der Waals surface area contributed by atoms with Gasteiger partial charge in [-0.3, -0.25) is 4.99 Å². The maximum absolute atomic E-state index is 12.6. The zero-order valence-electron chi connectivity index (χ0n) is 16.0. The van der Waals surface area contributed by atoms with Crippen LogP contribution in [-0.2, 0) is 17.5 Å². The number of hydrogen-bond donors (Lipinski definition) is 2. The molecule has 2 rings (SSSR count). The van der Waals surface area contributed by atoms with Gasteiger partial charge in [-0.15, -0.1) is 0 Å². The molecule has 0 amide bonds. The normalized spacial score (nSPS) is 17.1. The molecule has 27 heavy (non-hydrogen) atoms. The van der Waals surface area contributed by atoms with E-state index in [4.69, 9.17) is 4.74 Å². The number of aliphatic imine (C=N–C) groups is 1. The fraction of sp³-hybridized carbons (Fsp3) is 0.632. The van der Waals surface area contributed by atoms with Crippen molar-refractivity contribution in [2.75, 3.05) is 46.9 Å². The number of nitrogens with zero attached hydrogens (tertiary/aromatic N) is 2.